The Morgan fingerprint density at radius 2 is 1.43 bits per heavy atom. The molecule has 1 aliphatic carbocycles. The maximum Gasteiger partial charge on any atom is 0.286 e. The number of Topliss-reactive ketones (excluding diaryl/α,β-unsaturated/α-hetero) is 1. The number of carbonyl (C=O) groups excluding carboxylic acids is 4. The van der Waals surface area contributed by atoms with E-state index in [4.69, 9.17) is 9.47 Å². The SMILES string of the molecule is CC1(COc2ccc(CC3SC(=O)NC3=O)cc2)CCCCC1.Cn1c(COc2ccc(CC3SC(=O)CC3=O)cc2)nc2ccccc2c1=O. The van der Waals surface area contributed by atoms with E-state index in [1.807, 2.05) is 66.7 Å². The van der Waals surface area contributed by atoms with Crippen LogP contribution in [0.5, 0.6) is 11.5 Å². The highest BCUT2D eigenvalue weighted by molar-refractivity contribution is 8.15. The molecule has 3 fully saturated rings. The number of fused-ring (bicyclic) bond motifs is 1. The van der Waals surface area contributed by atoms with Gasteiger partial charge in [0.15, 0.2) is 10.9 Å². The quantitative estimate of drug-likeness (QED) is 0.179. The molecule has 1 aromatic heterocycles. The average molecular weight is 728 g/mol. The molecule has 1 N–H and O–H groups in total. The van der Waals surface area contributed by atoms with Crippen molar-refractivity contribution in [3.05, 3.63) is 100 Å². The normalized spacial score (nSPS) is 19.8. The second-order valence-corrected chi connectivity index (χ2v) is 16.0. The molecule has 2 saturated heterocycles. The molecule has 7 rings (SSSR count). The molecular weight excluding hydrogens is 687 g/mol. The fourth-order valence-corrected chi connectivity index (χ4v) is 8.32. The first-order valence-electron chi connectivity index (χ1n) is 17.2. The molecule has 2 aliphatic heterocycles. The molecule has 2 amide bonds. The predicted octanol–water partition coefficient (Wildman–Crippen LogP) is 6.59. The zero-order valence-corrected chi connectivity index (χ0v) is 30.4. The zero-order chi connectivity index (χ0) is 36.0. The Hall–Kier alpha value is -4.42. The lowest BCUT2D eigenvalue weighted by Gasteiger charge is -2.33. The maximum atomic E-state index is 12.4. The molecule has 10 nitrogen and oxygen atoms in total. The van der Waals surface area contributed by atoms with Gasteiger partial charge < -0.3 is 9.47 Å². The van der Waals surface area contributed by atoms with Gasteiger partial charge in [-0.15, -0.1) is 0 Å². The van der Waals surface area contributed by atoms with Gasteiger partial charge in [-0.1, -0.05) is 86.1 Å². The van der Waals surface area contributed by atoms with Gasteiger partial charge in [-0.3, -0.25) is 33.9 Å². The van der Waals surface area contributed by atoms with E-state index in [1.54, 1.807) is 13.1 Å². The number of amides is 2. The first kappa shape index (κ1) is 36.4. The molecule has 3 aliphatic rings. The van der Waals surface area contributed by atoms with Crippen LogP contribution in [0.1, 0.15) is 62.4 Å². The first-order chi connectivity index (χ1) is 24.5. The molecule has 0 radical (unpaired) electrons. The van der Waals surface area contributed by atoms with Crippen molar-refractivity contribution in [2.45, 2.75) is 75.4 Å². The number of thioether (sulfide) groups is 2. The first-order valence-corrected chi connectivity index (χ1v) is 18.9. The standard InChI is InChI=1S/C21H18N2O4S.C18H23NO3S/c1-23-19(22-16-5-3-2-4-15(16)21(23)26)12-27-14-8-6-13(7-9-14)10-18-17(24)11-20(25)28-18;1-18(9-3-2-4-10-18)12-22-14-7-5-13(6-8-14)11-15-16(20)19-17(21)23-15/h2-9,18H,10-12H2,1H3;5-8,15H,2-4,9-12H2,1H3,(H,19,20,21). The number of rotatable bonds is 10. The summed E-state index contributed by atoms with van der Waals surface area (Å²) < 4.78 is 13.3. The van der Waals surface area contributed by atoms with Gasteiger partial charge in [0.2, 0.25) is 5.91 Å². The number of para-hydroxylation sites is 1. The number of nitrogens with zero attached hydrogens (tertiary/aromatic N) is 2. The third-order valence-corrected chi connectivity index (χ3v) is 11.6. The van der Waals surface area contributed by atoms with Gasteiger partial charge in [0.05, 0.1) is 34.4 Å². The summed E-state index contributed by atoms with van der Waals surface area (Å²) in [5.74, 6) is 1.87. The number of ketones is 1. The van der Waals surface area contributed by atoms with Crippen LogP contribution in [0.4, 0.5) is 4.79 Å². The maximum absolute atomic E-state index is 12.4. The van der Waals surface area contributed by atoms with Crippen molar-refractivity contribution in [1.82, 2.24) is 14.9 Å². The number of hydrogen-bond acceptors (Lipinski definition) is 10. The number of nitrogens with one attached hydrogen (secondary N) is 1. The molecule has 2 unspecified atom stereocenters. The Labute approximate surface area is 305 Å². The van der Waals surface area contributed by atoms with Crippen LogP contribution >= 0.6 is 23.5 Å². The van der Waals surface area contributed by atoms with Crippen molar-refractivity contribution >= 4 is 56.5 Å². The van der Waals surface area contributed by atoms with Crippen molar-refractivity contribution in [2.75, 3.05) is 6.61 Å². The third kappa shape index (κ3) is 9.48. The summed E-state index contributed by atoms with van der Waals surface area (Å²) in [5, 5.41) is 2.01. The number of hydrogen-bond donors (Lipinski definition) is 1. The van der Waals surface area contributed by atoms with Crippen LogP contribution in [0.3, 0.4) is 0 Å². The zero-order valence-electron chi connectivity index (χ0n) is 28.7. The van der Waals surface area contributed by atoms with Crippen molar-refractivity contribution < 1.29 is 28.7 Å². The molecule has 3 aromatic carbocycles. The minimum absolute atomic E-state index is 0.00128. The summed E-state index contributed by atoms with van der Waals surface area (Å²) in [4.78, 5) is 62.8. The minimum Gasteiger partial charge on any atom is -0.493 e. The van der Waals surface area contributed by atoms with Crippen LogP contribution in [-0.2, 0) is 40.9 Å². The molecule has 12 heteroatoms. The number of ether oxygens (including phenoxy) is 2. The summed E-state index contributed by atoms with van der Waals surface area (Å²) in [6.07, 6.45) is 7.58. The highest BCUT2D eigenvalue weighted by Gasteiger charge is 2.32. The number of benzene rings is 3. The lowest BCUT2D eigenvalue weighted by Crippen LogP contribution is -2.27. The Balaban J connectivity index is 0.000000179. The molecule has 0 spiro atoms. The van der Waals surface area contributed by atoms with Gasteiger partial charge in [-0.2, -0.15) is 0 Å². The molecule has 0 bridgehead atoms. The second-order valence-electron chi connectivity index (χ2n) is 13.6. The van der Waals surface area contributed by atoms with Crippen LogP contribution in [0.2, 0.25) is 0 Å². The Bertz CT molecular complexity index is 1970. The van der Waals surface area contributed by atoms with Crippen molar-refractivity contribution in [2.24, 2.45) is 12.5 Å². The molecule has 51 heavy (non-hydrogen) atoms. The van der Waals surface area contributed by atoms with Gasteiger partial charge >= 0.3 is 0 Å². The Morgan fingerprint density at radius 1 is 0.804 bits per heavy atom. The van der Waals surface area contributed by atoms with Crippen LogP contribution in [-0.4, -0.2) is 48.7 Å². The van der Waals surface area contributed by atoms with E-state index in [9.17, 15) is 24.0 Å². The molecule has 3 heterocycles. The van der Waals surface area contributed by atoms with Crippen LogP contribution in [0.25, 0.3) is 10.9 Å². The van der Waals surface area contributed by atoms with E-state index in [0.29, 0.717) is 40.7 Å². The largest absolute Gasteiger partial charge is 0.493 e. The molecular formula is C39H41N3O7S2. The van der Waals surface area contributed by atoms with Gasteiger partial charge in [0.25, 0.3) is 10.8 Å². The third-order valence-electron chi connectivity index (χ3n) is 9.50. The molecule has 1 saturated carbocycles. The van der Waals surface area contributed by atoms with E-state index >= 15 is 0 Å². The molecule has 4 aromatic rings. The highest BCUT2D eigenvalue weighted by atomic mass is 32.2. The van der Waals surface area contributed by atoms with Crippen LogP contribution in [0.15, 0.2) is 77.6 Å². The smallest absolute Gasteiger partial charge is 0.286 e. The van der Waals surface area contributed by atoms with Crippen molar-refractivity contribution in [1.29, 1.82) is 0 Å². The summed E-state index contributed by atoms with van der Waals surface area (Å²) >= 11 is 2.19. The predicted molar refractivity (Wildman–Crippen MR) is 199 cm³/mol. The second kappa shape index (κ2) is 16.3. The number of imide groups is 1. The molecule has 266 valence electrons. The summed E-state index contributed by atoms with van der Waals surface area (Å²) in [7, 11) is 1.68. The van der Waals surface area contributed by atoms with Gasteiger partial charge in [-0.05, 0) is 73.2 Å². The van der Waals surface area contributed by atoms with E-state index in [0.717, 1.165) is 47.0 Å². The monoisotopic (exact) mass is 727 g/mol. The fraction of sp³-hybridized carbons (Fsp3) is 0.385. The lowest BCUT2D eigenvalue weighted by molar-refractivity contribution is -0.121. The van der Waals surface area contributed by atoms with E-state index < -0.39 is 0 Å². The van der Waals surface area contributed by atoms with Crippen LogP contribution < -0.4 is 20.3 Å². The lowest BCUT2D eigenvalue weighted by atomic mass is 9.76. The van der Waals surface area contributed by atoms with Crippen molar-refractivity contribution in [3.8, 4) is 11.5 Å². The Morgan fingerprint density at radius 3 is 2.04 bits per heavy atom. The summed E-state index contributed by atoms with van der Waals surface area (Å²) in [6, 6.07) is 22.5. The van der Waals surface area contributed by atoms with Crippen molar-refractivity contribution in [3.63, 3.8) is 0 Å². The minimum atomic E-state index is -0.310. The highest BCUT2D eigenvalue weighted by Crippen LogP contribution is 2.36. The molecule has 2 atom stereocenters. The van der Waals surface area contributed by atoms with E-state index in [1.165, 1.54) is 36.7 Å². The summed E-state index contributed by atoms with van der Waals surface area (Å²) in [5.41, 5.74) is 2.86. The van der Waals surface area contributed by atoms with Gasteiger partial charge in [0, 0.05) is 12.5 Å². The average Bonchev–Trinajstić information content (AvgIpc) is 3.62. The van der Waals surface area contributed by atoms with Crippen LogP contribution in [0, 0.1) is 5.41 Å². The van der Waals surface area contributed by atoms with E-state index in [-0.39, 0.29) is 51.1 Å². The van der Waals surface area contributed by atoms with E-state index in [2.05, 4.69) is 17.2 Å². The summed E-state index contributed by atoms with van der Waals surface area (Å²) in [6.45, 7) is 3.25. The Kier molecular flexibility index (Phi) is 11.6. The number of carbonyl (C=O) groups is 4. The fourth-order valence-electron chi connectivity index (χ4n) is 6.43. The number of aromatic nitrogens is 2. The van der Waals surface area contributed by atoms with Gasteiger partial charge in [0.1, 0.15) is 23.9 Å². The topological polar surface area (TPSA) is 134 Å². The van der Waals surface area contributed by atoms with Gasteiger partial charge in [-0.25, -0.2) is 4.98 Å².